The van der Waals surface area contributed by atoms with E-state index in [-0.39, 0.29) is 22.3 Å². The van der Waals surface area contributed by atoms with Crippen LogP contribution in [0, 0.1) is 18.7 Å². The van der Waals surface area contributed by atoms with E-state index in [1.807, 2.05) is 13.8 Å². The van der Waals surface area contributed by atoms with E-state index in [2.05, 4.69) is 0 Å². The van der Waals surface area contributed by atoms with Gasteiger partial charge in [-0.25, -0.2) is 4.39 Å². The number of halogens is 2. The van der Waals surface area contributed by atoms with Gasteiger partial charge in [-0.1, -0.05) is 31.9 Å². The number of aliphatic carboxylic acids is 1. The van der Waals surface area contributed by atoms with Gasteiger partial charge in [-0.3, -0.25) is 14.2 Å². The largest absolute Gasteiger partial charge is 0.508 e. The molecule has 0 fully saturated rings. The lowest BCUT2D eigenvalue weighted by Gasteiger charge is -2.17. The number of fused-ring (bicyclic) bond motifs is 1. The highest BCUT2D eigenvalue weighted by Gasteiger charge is 2.30. The van der Waals surface area contributed by atoms with E-state index >= 15 is 0 Å². The maximum atomic E-state index is 13.9. The van der Waals surface area contributed by atoms with Gasteiger partial charge in [0.25, 0.3) is 5.91 Å². The smallest absolute Gasteiger partial charge is 0.311 e. The zero-order valence-electron chi connectivity index (χ0n) is 16.9. The molecule has 0 saturated heterocycles. The Morgan fingerprint density at radius 3 is 2.50 bits per heavy atom. The van der Waals surface area contributed by atoms with Crippen molar-refractivity contribution < 1.29 is 24.2 Å². The molecular weight excluding hydrogens is 409 g/mol. The standard InChI is InChI=1S/C23H23ClFNO4/c1-4-12(2)9-17(23(29)30)21-13(3)26(20-8-6-15(27)11-16(20)21)22(28)14-5-7-18(24)19(25)10-14/h5-8,10-12,17,27H,4,9H2,1-3H3,(H,29,30)/t12?,17-/m1/s1. The van der Waals surface area contributed by atoms with E-state index in [9.17, 15) is 24.2 Å². The third-order valence-corrected chi connectivity index (χ3v) is 5.89. The Kier molecular flexibility index (Phi) is 6.17. The number of aromatic nitrogens is 1. The maximum absolute atomic E-state index is 13.9. The van der Waals surface area contributed by atoms with Crippen molar-refractivity contribution in [3.8, 4) is 5.75 Å². The van der Waals surface area contributed by atoms with E-state index in [1.54, 1.807) is 13.0 Å². The van der Waals surface area contributed by atoms with Crippen LogP contribution >= 0.6 is 11.6 Å². The topological polar surface area (TPSA) is 79.5 Å². The summed E-state index contributed by atoms with van der Waals surface area (Å²) < 4.78 is 15.3. The fourth-order valence-corrected chi connectivity index (χ4v) is 3.92. The Balaban J connectivity index is 2.26. The molecular formula is C23H23ClFNO4. The summed E-state index contributed by atoms with van der Waals surface area (Å²) in [4.78, 5) is 25.4. The van der Waals surface area contributed by atoms with E-state index in [0.717, 1.165) is 12.5 Å². The number of hydrogen-bond donors (Lipinski definition) is 2. The maximum Gasteiger partial charge on any atom is 0.311 e. The molecule has 0 spiro atoms. The third kappa shape index (κ3) is 3.92. The summed E-state index contributed by atoms with van der Waals surface area (Å²) >= 11 is 5.73. The third-order valence-electron chi connectivity index (χ3n) is 5.59. The average Bonchev–Trinajstić information content (AvgIpc) is 2.98. The van der Waals surface area contributed by atoms with Crippen molar-refractivity contribution in [2.45, 2.75) is 39.5 Å². The zero-order chi connectivity index (χ0) is 22.2. The van der Waals surface area contributed by atoms with E-state index in [1.165, 1.54) is 28.8 Å². The van der Waals surface area contributed by atoms with E-state index < -0.39 is 23.6 Å². The van der Waals surface area contributed by atoms with Gasteiger partial charge in [-0.2, -0.15) is 0 Å². The predicted octanol–water partition coefficient (Wildman–Crippen LogP) is 5.74. The number of phenols is 1. The number of phenolic OH excluding ortho intramolecular Hbond substituents is 1. The van der Waals surface area contributed by atoms with Crippen LogP contribution < -0.4 is 0 Å². The van der Waals surface area contributed by atoms with Crippen LogP contribution in [0.1, 0.15) is 54.2 Å². The van der Waals surface area contributed by atoms with Gasteiger partial charge in [0.15, 0.2) is 0 Å². The van der Waals surface area contributed by atoms with Crippen LogP contribution in [-0.2, 0) is 4.79 Å². The number of hydrogen-bond acceptors (Lipinski definition) is 3. The molecule has 1 unspecified atom stereocenters. The van der Waals surface area contributed by atoms with Gasteiger partial charge in [-0.15, -0.1) is 0 Å². The van der Waals surface area contributed by atoms with Gasteiger partial charge in [0, 0.05) is 16.6 Å². The van der Waals surface area contributed by atoms with Crippen LogP contribution in [-0.4, -0.2) is 26.7 Å². The van der Waals surface area contributed by atoms with Crippen molar-refractivity contribution in [3.05, 3.63) is 64.1 Å². The fraction of sp³-hybridized carbons (Fsp3) is 0.304. The molecule has 2 aromatic carbocycles. The first kappa shape index (κ1) is 21.8. The SMILES string of the molecule is CCC(C)C[C@@H](C(=O)O)c1c(C)n(C(=O)c2ccc(Cl)c(F)c2)c2ccc(O)cc12. The van der Waals surface area contributed by atoms with Crippen molar-refractivity contribution in [2.24, 2.45) is 5.92 Å². The second kappa shape index (κ2) is 8.48. The number of carbonyl (C=O) groups excluding carboxylic acids is 1. The summed E-state index contributed by atoms with van der Waals surface area (Å²) in [6.45, 7) is 5.64. The molecule has 0 aliphatic carbocycles. The van der Waals surface area contributed by atoms with Crippen LogP contribution in [0.3, 0.4) is 0 Å². The molecule has 5 nitrogen and oxygen atoms in total. The summed E-state index contributed by atoms with van der Waals surface area (Å²) in [5, 5.41) is 20.4. The molecule has 1 aromatic heterocycles. The molecule has 2 N–H and O–H groups in total. The van der Waals surface area contributed by atoms with Gasteiger partial charge in [0.2, 0.25) is 0 Å². The van der Waals surface area contributed by atoms with Crippen molar-refractivity contribution in [2.75, 3.05) is 0 Å². The molecule has 0 aliphatic heterocycles. The first-order valence-corrected chi connectivity index (χ1v) is 10.1. The highest BCUT2D eigenvalue weighted by atomic mass is 35.5. The number of carbonyl (C=O) groups is 2. The summed E-state index contributed by atoms with van der Waals surface area (Å²) in [5.41, 5.74) is 1.48. The van der Waals surface area contributed by atoms with Crippen LogP contribution in [0.2, 0.25) is 5.02 Å². The molecule has 2 atom stereocenters. The first-order chi connectivity index (χ1) is 14.1. The molecule has 0 amide bonds. The Morgan fingerprint density at radius 1 is 1.20 bits per heavy atom. The Morgan fingerprint density at radius 2 is 1.90 bits per heavy atom. The van der Waals surface area contributed by atoms with E-state index in [0.29, 0.717) is 28.6 Å². The lowest BCUT2D eigenvalue weighted by Crippen LogP contribution is -2.18. The average molecular weight is 432 g/mol. The summed E-state index contributed by atoms with van der Waals surface area (Å²) in [6, 6.07) is 8.25. The van der Waals surface area contributed by atoms with E-state index in [4.69, 9.17) is 11.6 Å². The van der Waals surface area contributed by atoms with Crippen molar-refractivity contribution in [1.82, 2.24) is 4.57 Å². The highest BCUT2D eigenvalue weighted by Crippen LogP contribution is 2.38. The van der Waals surface area contributed by atoms with Crippen LogP contribution in [0.4, 0.5) is 4.39 Å². The molecule has 0 bridgehead atoms. The summed E-state index contributed by atoms with van der Waals surface area (Å²) in [5.74, 6) is -2.93. The van der Waals surface area contributed by atoms with Gasteiger partial charge in [-0.05, 0) is 61.2 Å². The second-order valence-corrected chi connectivity index (χ2v) is 8.02. The van der Waals surface area contributed by atoms with Crippen LogP contribution in [0.15, 0.2) is 36.4 Å². The number of nitrogens with zero attached hydrogens (tertiary/aromatic N) is 1. The highest BCUT2D eigenvalue weighted by molar-refractivity contribution is 6.30. The Bertz CT molecular complexity index is 1140. The van der Waals surface area contributed by atoms with Crippen molar-refractivity contribution >= 4 is 34.4 Å². The number of aromatic hydroxyl groups is 1. The molecule has 3 aromatic rings. The minimum atomic E-state index is -0.995. The lowest BCUT2D eigenvalue weighted by atomic mass is 9.87. The van der Waals surface area contributed by atoms with Gasteiger partial charge < -0.3 is 10.2 Å². The molecule has 158 valence electrons. The molecule has 0 radical (unpaired) electrons. The predicted molar refractivity (Wildman–Crippen MR) is 114 cm³/mol. The molecule has 1 heterocycles. The Labute approximate surface area is 178 Å². The first-order valence-electron chi connectivity index (χ1n) is 9.72. The fourth-order valence-electron chi connectivity index (χ4n) is 3.80. The van der Waals surface area contributed by atoms with Gasteiger partial charge in [0.05, 0.1) is 16.5 Å². The molecule has 7 heteroatoms. The minimum Gasteiger partial charge on any atom is -0.508 e. The number of carboxylic acids is 1. The minimum absolute atomic E-state index is 0.0291. The number of carboxylic acid groups (broad SMARTS) is 1. The van der Waals surface area contributed by atoms with Gasteiger partial charge >= 0.3 is 5.97 Å². The van der Waals surface area contributed by atoms with Crippen LogP contribution in [0.25, 0.3) is 10.9 Å². The number of benzene rings is 2. The number of rotatable bonds is 6. The molecule has 3 rings (SSSR count). The summed E-state index contributed by atoms with van der Waals surface area (Å²) in [6.07, 6.45) is 1.21. The monoisotopic (exact) mass is 431 g/mol. The molecule has 30 heavy (non-hydrogen) atoms. The zero-order valence-corrected chi connectivity index (χ0v) is 17.7. The normalized spacial score (nSPS) is 13.4. The van der Waals surface area contributed by atoms with Gasteiger partial charge in [0.1, 0.15) is 11.6 Å². The quantitative estimate of drug-likeness (QED) is 0.521. The lowest BCUT2D eigenvalue weighted by molar-refractivity contribution is -0.139. The van der Waals surface area contributed by atoms with Crippen molar-refractivity contribution in [3.63, 3.8) is 0 Å². The molecule has 0 saturated carbocycles. The summed E-state index contributed by atoms with van der Waals surface area (Å²) in [7, 11) is 0. The van der Waals surface area contributed by atoms with Crippen LogP contribution in [0.5, 0.6) is 5.75 Å². The second-order valence-electron chi connectivity index (χ2n) is 7.61. The molecule has 0 aliphatic rings. The Hall–Kier alpha value is -2.86. The van der Waals surface area contributed by atoms with Crippen molar-refractivity contribution in [1.29, 1.82) is 0 Å².